The summed E-state index contributed by atoms with van der Waals surface area (Å²) in [5.41, 5.74) is 5.34. The molecule has 1 aliphatic carbocycles. The Morgan fingerprint density at radius 2 is 2.09 bits per heavy atom. The van der Waals surface area contributed by atoms with Crippen LogP contribution in [0.3, 0.4) is 0 Å². The lowest BCUT2D eigenvalue weighted by molar-refractivity contribution is -0.120. The molecule has 1 aromatic carbocycles. The maximum atomic E-state index is 13.0. The number of benzene rings is 1. The molecule has 1 fully saturated rings. The Hall–Kier alpha value is -3.09. The van der Waals surface area contributed by atoms with Gasteiger partial charge in [0.2, 0.25) is 5.92 Å². The predicted molar refractivity (Wildman–Crippen MR) is 120 cm³/mol. The third-order valence-corrected chi connectivity index (χ3v) is 5.69. The van der Waals surface area contributed by atoms with Crippen LogP contribution in [0.4, 0.5) is 8.78 Å². The van der Waals surface area contributed by atoms with Crippen molar-refractivity contribution in [3.05, 3.63) is 59.9 Å². The number of halogens is 2. The van der Waals surface area contributed by atoms with E-state index in [-0.39, 0.29) is 18.6 Å². The molecule has 2 aromatic heterocycles. The molecule has 0 spiro atoms. The van der Waals surface area contributed by atoms with Crippen molar-refractivity contribution in [3.8, 4) is 11.3 Å². The number of carbonyl (C=O) groups excluding carboxylic acids is 1. The van der Waals surface area contributed by atoms with Gasteiger partial charge in [0, 0.05) is 36.6 Å². The maximum absolute atomic E-state index is 13.0. The lowest BCUT2D eigenvalue weighted by Crippen LogP contribution is -2.13. The summed E-state index contributed by atoms with van der Waals surface area (Å²) in [5.74, 6) is -2.32. The number of alkyl halides is 2. The number of ketones is 1. The molecule has 1 saturated carbocycles. The fourth-order valence-electron chi connectivity index (χ4n) is 3.80. The lowest BCUT2D eigenvalue weighted by atomic mass is 10.0. The molecule has 4 rings (SSSR count). The molecule has 7 heteroatoms. The normalized spacial score (nSPS) is 14.7. The van der Waals surface area contributed by atoms with E-state index in [1.165, 1.54) is 12.8 Å². The third kappa shape index (κ3) is 5.58. The van der Waals surface area contributed by atoms with E-state index in [4.69, 9.17) is 4.84 Å². The van der Waals surface area contributed by atoms with Gasteiger partial charge >= 0.3 is 0 Å². The zero-order valence-electron chi connectivity index (χ0n) is 18.4. The minimum atomic E-state index is -2.82. The number of Topliss-reactive ketones (excluding diaryl/α,β-unsaturated/α-hetero) is 1. The van der Waals surface area contributed by atoms with E-state index < -0.39 is 12.3 Å². The van der Waals surface area contributed by atoms with Crippen molar-refractivity contribution < 1.29 is 18.4 Å². The fraction of sp³-hybridized carbons (Fsp3) is 0.400. The molecule has 0 N–H and O–H groups in total. The molecule has 168 valence electrons. The van der Waals surface area contributed by atoms with Crippen molar-refractivity contribution in [2.45, 2.75) is 51.4 Å². The zero-order valence-corrected chi connectivity index (χ0v) is 18.4. The smallest absolute Gasteiger partial charge is 0.245 e. The first-order chi connectivity index (χ1) is 15.3. The van der Waals surface area contributed by atoms with Gasteiger partial charge in [0.1, 0.15) is 18.5 Å². The van der Waals surface area contributed by atoms with E-state index in [2.05, 4.69) is 10.1 Å². The van der Waals surface area contributed by atoms with E-state index in [1.54, 1.807) is 13.3 Å². The average Bonchev–Trinajstić information content (AvgIpc) is 3.47. The third-order valence-electron chi connectivity index (χ3n) is 5.69. The first-order valence-electron chi connectivity index (χ1n) is 10.9. The van der Waals surface area contributed by atoms with Crippen LogP contribution < -0.4 is 0 Å². The highest BCUT2D eigenvalue weighted by Gasteiger charge is 2.25. The topological polar surface area (TPSA) is 56.0 Å². The highest BCUT2D eigenvalue weighted by molar-refractivity contribution is 6.01. The molecule has 0 aliphatic heterocycles. The molecule has 0 atom stereocenters. The SMILES string of the molecule is CON=C(CC1CC1)c1ccn2c(-c3cccc(CC(=O)CCC(C)(F)F)c3)cnc2c1. The van der Waals surface area contributed by atoms with Crippen LogP contribution in [0, 0.1) is 5.92 Å². The Kier molecular flexibility index (Phi) is 6.35. The molecule has 2 heterocycles. The first kappa shape index (κ1) is 22.1. The Morgan fingerprint density at radius 1 is 1.28 bits per heavy atom. The van der Waals surface area contributed by atoms with Gasteiger partial charge in [-0.25, -0.2) is 13.8 Å². The van der Waals surface area contributed by atoms with Crippen LogP contribution >= 0.6 is 0 Å². The summed E-state index contributed by atoms with van der Waals surface area (Å²) in [4.78, 5) is 21.7. The van der Waals surface area contributed by atoms with Crippen LogP contribution in [0.15, 0.2) is 53.9 Å². The highest BCUT2D eigenvalue weighted by atomic mass is 19.3. The Bertz CT molecular complexity index is 1140. The number of rotatable bonds is 10. The van der Waals surface area contributed by atoms with Gasteiger partial charge in [0.05, 0.1) is 17.6 Å². The average molecular weight is 440 g/mol. The second-order valence-electron chi connectivity index (χ2n) is 8.64. The molecule has 0 amide bonds. The quantitative estimate of drug-likeness (QED) is 0.301. The number of hydrogen-bond donors (Lipinski definition) is 0. The van der Waals surface area contributed by atoms with E-state index in [0.29, 0.717) is 5.92 Å². The number of nitrogens with zero attached hydrogens (tertiary/aromatic N) is 3. The van der Waals surface area contributed by atoms with Crippen LogP contribution in [0.5, 0.6) is 0 Å². The molecular weight excluding hydrogens is 412 g/mol. The molecule has 5 nitrogen and oxygen atoms in total. The van der Waals surface area contributed by atoms with Crippen LogP contribution in [0.2, 0.25) is 0 Å². The van der Waals surface area contributed by atoms with Crippen LogP contribution in [0.1, 0.15) is 50.2 Å². The Morgan fingerprint density at radius 3 is 2.81 bits per heavy atom. The van der Waals surface area contributed by atoms with Gasteiger partial charge < -0.3 is 4.84 Å². The monoisotopic (exact) mass is 439 g/mol. The molecule has 0 saturated heterocycles. The van der Waals surface area contributed by atoms with Gasteiger partial charge in [-0.2, -0.15) is 0 Å². The summed E-state index contributed by atoms with van der Waals surface area (Å²) in [7, 11) is 1.56. The van der Waals surface area contributed by atoms with E-state index in [1.807, 2.05) is 47.0 Å². The van der Waals surface area contributed by atoms with Gasteiger partial charge in [-0.1, -0.05) is 23.4 Å². The van der Waals surface area contributed by atoms with Gasteiger partial charge in [-0.05, 0) is 55.9 Å². The molecule has 3 aromatic rings. The molecule has 0 bridgehead atoms. The number of hydrogen-bond acceptors (Lipinski definition) is 4. The summed E-state index contributed by atoms with van der Waals surface area (Å²) in [5, 5.41) is 4.22. The minimum Gasteiger partial charge on any atom is -0.399 e. The summed E-state index contributed by atoms with van der Waals surface area (Å²) in [6.45, 7) is 0.840. The Labute approximate surface area is 186 Å². The first-order valence-corrected chi connectivity index (χ1v) is 10.9. The summed E-state index contributed by atoms with van der Waals surface area (Å²) >= 11 is 0. The van der Waals surface area contributed by atoms with Crippen LogP contribution in [0.25, 0.3) is 16.9 Å². The van der Waals surface area contributed by atoms with Crippen molar-refractivity contribution in [3.63, 3.8) is 0 Å². The number of pyridine rings is 1. The summed E-state index contributed by atoms with van der Waals surface area (Å²) in [6, 6.07) is 11.6. The standard InChI is InChI=1S/C25H27F2N3O2/c1-25(26,27)10-8-21(31)13-18-4-3-5-20(12-18)23-16-28-24-15-19(9-11-30(23)24)22(29-32-2)14-17-6-7-17/h3-5,9,11-12,15-17H,6-8,10,13-14H2,1-2H3. The lowest BCUT2D eigenvalue weighted by Gasteiger charge is -2.10. The molecule has 0 unspecified atom stereocenters. The van der Waals surface area contributed by atoms with E-state index in [9.17, 15) is 13.6 Å². The second kappa shape index (κ2) is 9.18. The highest BCUT2D eigenvalue weighted by Crippen LogP contribution is 2.34. The van der Waals surface area contributed by atoms with Crippen LogP contribution in [-0.4, -0.2) is 33.9 Å². The largest absolute Gasteiger partial charge is 0.399 e. The second-order valence-corrected chi connectivity index (χ2v) is 8.64. The Balaban J connectivity index is 1.54. The van der Waals surface area contributed by atoms with E-state index >= 15 is 0 Å². The summed E-state index contributed by atoms with van der Waals surface area (Å²) < 4.78 is 28.0. The number of aromatic nitrogens is 2. The fourth-order valence-corrected chi connectivity index (χ4v) is 3.80. The molecule has 32 heavy (non-hydrogen) atoms. The number of carbonyl (C=O) groups is 1. The van der Waals surface area contributed by atoms with Crippen molar-refractivity contribution in [1.82, 2.24) is 9.38 Å². The molecule has 1 aliphatic rings. The maximum Gasteiger partial charge on any atom is 0.245 e. The van der Waals surface area contributed by atoms with Crippen LogP contribution in [-0.2, 0) is 16.1 Å². The van der Waals surface area contributed by atoms with E-state index in [0.717, 1.165) is 47.1 Å². The number of fused-ring (bicyclic) bond motifs is 1. The van der Waals surface area contributed by atoms with Gasteiger partial charge in [-0.15, -0.1) is 0 Å². The van der Waals surface area contributed by atoms with Crippen molar-refractivity contribution in [1.29, 1.82) is 0 Å². The zero-order chi connectivity index (χ0) is 22.7. The van der Waals surface area contributed by atoms with Crippen molar-refractivity contribution in [2.75, 3.05) is 7.11 Å². The molecular formula is C25H27F2N3O2. The van der Waals surface area contributed by atoms with Gasteiger partial charge in [0.25, 0.3) is 0 Å². The summed E-state index contributed by atoms with van der Waals surface area (Å²) in [6.07, 6.45) is 6.73. The number of imidazole rings is 1. The van der Waals surface area contributed by atoms with Crippen molar-refractivity contribution >= 4 is 17.1 Å². The van der Waals surface area contributed by atoms with Gasteiger partial charge in [0.15, 0.2) is 0 Å². The number of oxime groups is 1. The van der Waals surface area contributed by atoms with Crippen molar-refractivity contribution in [2.24, 2.45) is 11.1 Å². The molecule has 0 radical (unpaired) electrons. The van der Waals surface area contributed by atoms with Gasteiger partial charge in [-0.3, -0.25) is 9.20 Å². The predicted octanol–water partition coefficient (Wildman–Crippen LogP) is 5.70. The minimum absolute atomic E-state index is 0.127.